The van der Waals surface area contributed by atoms with Crippen LogP contribution >= 0.6 is 0 Å². The predicted octanol–water partition coefficient (Wildman–Crippen LogP) is 11.6. The number of rotatable bonds is 15. The lowest BCUT2D eigenvalue weighted by molar-refractivity contribution is -0.137. The van der Waals surface area contributed by atoms with Crippen LogP contribution in [0.5, 0.6) is 0 Å². The van der Waals surface area contributed by atoms with Crippen molar-refractivity contribution in [2.24, 2.45) is 0 Å². The first-order chi connectivity index (χ1) is 30.4. The molecule has 0 aromatic heterocycles. The number of carboxylic acids is 1. The fraction of sp³-hybridized carbons (Fsp3) is 0.481. The van der Waals surface area contributed by atoms with Crippen LogP contribution < -0.4 is 4.90 Å². The predicted molar refractivity (Wildman–Crippen MR) is 254 cm³/mol. The van der Waals surface area contributed by atoms with Crippen LogP contribution in [-0.2, 0) is 47.0 Å². The number of ether oxygens (including phenoxy) is 1. The van der Waals surface area contributed by atoms with E-state index in [0.717, 1.165) is 109 Å². The lowest BCUT2D eigenvalue weighted by Crippen LogP contribution is -2.43. The summed E-state index contributed by atoms with van der Waals surface area (Å²) in [5, 5.41) is 13.5. The maximum absolute atomic E-state index is 12.4. The number of carboxylic acid groups (broad SMARTS) is 1. The highest BCUT2D eigenvalue weighted by Crippen LogP contribution is 2.58. The van der Waals surface area contributed by atoms with Crippen molar-refractivity contribution in [3.05, 3.63) is 117 Å². The Morgan fingerprint density at radius 3 is 2.28 bits per heavy atom. The Hall–Kier alpha value is -4.33. The van der Waals surface area contributed by atoms with E-state index in [-0.39, 0.29) is 29.3 Å². The van der Waals surface area contributed by atoms with Crippen LogP contribution in [-0.4, -0.2) is 61.5 Å². The van der Waals surface area contributed by atoms with Gasteiger partial charge in [0.15, 0.2) is 0 Å². The van der Waals surface area contributed by atoms with Crippen LogP contribution in [0.25, 0.3) is 21.5 Å². The third-order valence-electron chi connectivity index (χ3n) is 14.7. The van der Waals surface area contributed by atoms with Gasteiger partial charge in [-0.3, -0.25) is 13.9 Å². The second-order valence-corrected chi connectivity index (χ2v) is 22.1. The summed E-state index contributed by atoms with van der Waals surface area (Å²) in [5.74, 6) is -1.09. The van der Waals surface area contributed by atoms with Gasteiger partial charge in [0.05, 0.1) is 22.9 Å². The Labute approximate surface area is 379 Å². The van der Waals surface area contributed by atoms with Gasteiger partial charge >= 0.3 is 5.97 Å². The zero-order valence-electron chi connectivity index (χ0n) is 37.7. The first-order valence-electron chi connectivity index (χ1n) is 23.3. The minimum absolute atomic E-state index is 0.106. The summed E-state index contributed by atoms with van der Waals surface area (Å²) in [6, 6.07) is 21.9. The molecule has 4 atom stereocenters. The molecular formula is C52H63NO9S2. The number of aliphatic carboxylic acids is 1. The summed E-state index contributed by atoms with van der Waals surface area (Å²) in [4.78, 5) is 13.9. The minimum Gasteiger partial charge on any atom is -0.481 e. The third-order valence-corrected chi connectivity index (χ3v) is 16.3. The Morgan fingerprint density at radius 1 is 0.797 bits per heavy atom. The van der Waals surface area contributed by atoms with Crippen molar-refractivity contribution < 1.29 is 40.6 Å². The number of benzene rings is 4. The molecule has 0 fully saturated rings. The standard InChI is InChI=1S/C52H63NO9S2/c1-5-6-15-34(2)47-41-33-42-45(27-30-53-43-26-23-35-16-9-10-18-39(35)49(43)52(4,50(42)53)29-12-13-31-63(56,57)58)62-44(41)19-14-17-36-21-22-37-32-38(64(59,60)61)24-25-40(37)48(36)51(47,3)28-11-7-8-20-46(54)55/h9-10,16,18,21-26,32-33,44-45H,5-8,11-15,17,19-20,27-31H2,1-4H3,(H,54,55)(H,56,57,58)(H,59,60,61). The van der Waals surface area contributed by atoms with E-state index in [1.807, 2.05) is 12.1 Å². The van der Waals surface area contributed by atoms with Gasteiger partial charge in [-0.1, -0.05) is 93.6 Å². The van der Waals surface area contributed by atoms with Gasteiger partial charge in [0, 0.05) is 40.8 Å². The Balaban J connectivity index is 1.38. The SMILES string of the molecule is CCCCC(C)=C1C2=CC3=C4N(CCC3OC2CCCc2ccc3cc(S(=O)(=O)O)ccc3c2C1(C)CCCCCC(=O)O)c1ccc2ccccc2c1C4(C)CCCCS(=O)(=O)O. The molecule has 3 aliphatic heterocycles. The topological polar surface area (TPSA) is 159 Å². The number of nitrogens with zero attached hydrogens (tertiary/aromatic N) is 1. The highest BCUT2D eigenvalue weighted by Gasteiger charge is 2.51. The summed E-state index contributed by atoms with van der Waals surface area (Å²) in [5.41, 5.74) is 9.65. The lowest BCUT2D eigenvalue weighted by Gasteiger charge is -2.45. The molecule has 64 heavy (non-hydrogen) atoms. The lowest BCUT2D eigenvalue weighted by atomic mass is 9.64. The maximum Gasteiger partial charge on any atom is 0.303 e. The molecule has 0 saturated carbocycles. The summed E-state index contributed by atoms with van der Waals surface area (Å²) < 4.78 is 75.9. The van der Waals surface area contributed by atoms with Crippen molar-refractivity contribution in [1.82, 2.24) is 0 Å². The van der Waals surface area contributed by atoms with E-state index in [4.69, 9.17) is 4.74 Å². The smallest absolute Gasteiger partial charge is 0.303 e. The molecule has 4 aromatic carbocycles. The van der Waals surface area contributed by atoms with Crippen molar-refractivity contribution in [3.63, 3.8) is 0 Å². The second-order valence-electron chi connectivity index (χ2n) is 19.1. The normalized spacial score (nSPS) is 24.2. The van der Waals surface area contributed by atoms with Crippen LogP contribution in [0, 0.1) is 0 Å². The van der Waals surface area contributed by atoms with E-state index < -0.39 is 37.0 Å². The number of aryl methyl sites for hydroxylation is 1. The molecule has 342 valence electrons. The number of allylic oxidation sites excluding steroid dienone is 2. The van der Waals surface area contributed by atoms with Gasteiger partial charge in [-0.15, -0.1) is 0 Å². The second kappa shape index (κ2) is 18.2. The van der Waals surface area contributed by atoms with Crippen LogP contribution in [0.15, 0.2) is 106 Å². The Morgan fingerprint density at radius 2 is 1.53 bits per heavy atom. The number of unbranched alkanes of at least 4 members (excludes halogenated alkanes) is 4. The van der Waals surface area contributed by atoms with Gasteiger partial charge in [-0.2, -0.15) is 16.8 Å². The van der Waals surface area contributed by atoms with Gasteiger partial charge in [0.1, 0.15) is 0 Å². The van der Waals surface area contributed by atoms with Crippen molar-refractivity contribution in [2.75, 3.05) is 17.2 Å². The molecule has 4 unspecified atom stereocenters. The molecule has 0 bridgehead atoms. The first-order valence-corrected chi connectivity index (χ1v) is 26.3. The van der Waals surface area contributed by atoms with E-state index in [1.54, 1.807) is 6.07 Å². The van der Waals surface area contributed by atoms with Gasteiger partial charge in [-0.25, -0.2) is 0 Å². The van der Waals surface area contributed by atoms with Gasteiger partial charge in [0.2, 0.25) is 0 Å². The summed E-state index contributed by atoms with van der Waals surface area (Å²) in [6.07, 6.45) is 12.8. The number of fused-ring (bicyclic) bond motifs is 10. The molecular weight excluding hydrogens is 847 g/mol. The van der Waals surface area contributed by atoms with Crippen LogP contribution in [0.1, 0.15) is 134 Å². The van der Waals surface area contributed by atoms with Crippen molar-refractivity contribution in [2.45, 2.75) is 152 Å². The van der Waals surface area contributed by atoms with E-state index in [0.29, 0.717) is 25.7 Å². The molecule has 10 nitrogen and oxygen atoms in total. The van der Waals surface area contributed by atoms with Gasteiger partial charge in [-0.05, 0) is 152 Å². The van der Waals surface area contributed by atoms with Crippen molar-refractivity contribution in [1.29, 1.82) is 0 Å². The summed E-state index contributed by atoms with van der Waals surface area (Å²) in [6.45, 7) is 9.88. The summed E-state index contributed by atoms with van der Waals surface area (Å²) in [7, 11) is -8.56. The molecule has 0 spiro atoms. The van der Waals surface area contributed by atoms with Crippen LogP contribution in [0.4, 0.5) is 5.69 Å². The number of carbonyl (C=O) groups is 1. The van der Waals surface area contributed by atoms with Crippen molar-refractivity contribution >= 4 is 53.4 Å². The zero-order chi connectivity index (χ0) is 45.6. The molecule has 4 aromatic rings. The average molecular weight is 910 g/mol. The molecule has 0 amide bonds. The number of hydrogen-bond acceptors (Lipinski definition) is 7. The maximum atomic E-state index is 12.4. The fourth-order valence-electron chi connectivity index (χ4n) is 11.9. The highest BCUT2D eigenvalue weighted by atomic mass is 32.2. The Kier molecular flexibility index (Phi) is 13.1. The van der Waals surface area contributed by atoms with Crippen LogP contribution in [0.3, 0.4) is 0 Å². The average Bonchev–Trinajstić information content (AvgIpc) is 3.53. The summed E-state index contributed by atoms with van der Waals surface area (Å²) >= 11 is 0. The molecule has 0 saturated heterocycles. The quantitative estimate of drug-likeness (QED) is 0.0774. The molecule has 3 heterocycles. The molecule has 3 N–H and O–H groups in total. The molecule has 12 heteroatoms. The van der Waals surface area contributed by atoms with E-state index in [2.05, 4.69) is 81.1 Å². The highest BCUT2D eigenvalue weighted by molar-refractivity contribution is 7.86. The monoisotopic (exact) mass is 909 g/mol. The van der Waals surface area contributed by atoms with Gasteiger partial charge in [0.25, 0.3) is 20.2 Å². The van der Waals surface area contributed by atoms with Crippen molar-refractivity contribution in [3.8, 4) is 0 Å². The van der Waals surface area contributed by atoms with E-state index >= 15 is 0 Å². The zero-order valence-corrected chi connectivity index (χ0v) is 39.3. The van der Waals surface area contributed by atoms with Gasteiger partial charge < -0.3 is 14.7 Å². The van der Waals surface area contributed by atoms with Crippen LogP contribution in [0.2, 0.25) is 0 Å². The fourth-order valence-corrected chi connectivity index (χ4v) is 13.0. The number of hydrogen-bond donors (Lipinski definition) is 3. The molecule has 0 radical (unpaired) electrons. The third kappa shape index (κ3) is 8.85. The van der Waals surface area contributed by atoms with E-state index in [1.165, 1.54) is 39.4 Å². The molecule has 8 rings (SSSR count). The molecule has 1 aliphatic carbocycles. The van der Waals surface area contributed by atoms with E-state index in [9.17, 15) is 35.8 Å². The Bertz CT molecular complexity index is 2810. The first kappa shape index (κ1) is 46.2. The number of anilines is 1. The minimum atomic E-state index is -4.45. The molecule has 4 aliphatic rings. The largest absolute Gasteiger partial charge is 0.481 e.